The Labute approximate surface area is 113 Å². The van der Waals surface area contributed by atoms with Gasteiger partial charge < -0.3 is 19.6 Å². The Hall–Kier alpha value is -1.75. The number of carbonyl (C=O) groups is 1. The van der Waals surface area contributed by atoms with Crippen LogP contribution < -0.4 is 9.64 Å². The topological polar surface area (TPSA) is 53.0 Å². The van der Waals surface area contributed by atoms with Crippen molar-refractivity contribution in [1.82, 2.24) is 4.90 Å². The predicted molar refractivity (Wildman–Crippen MR) is 74.3 cm³/mol. The highest BCUT2D eigenvalue weighted by molar-refractivity contribution is 5.94. The van der Waals surface area contributed by atoms with Gasteiger partial charge in [-0.2, -0.15) is 0 Å². The van der Waals surface area contributed by atoms with Crippen LogP contribution in [0.2, 0.25) is 0 Å². The molecule has 1 aliphatic rings. The number of rotatable bonds is 3. The number of likely N-dealkylation sites (N-methyl/N-ethyl adjacent to an activating group) is 1. The van der Waals surface area contributed by atoms with Crippen molar-refractivity contribution in [2.75, 3.05) is 45.2 Å². The smallest absolute Gasteiger partial charge is 0.337 e. The van der Waals surface area contributed by atoms with E-state index in [-0.39, 0.29) is 0 Å². The van der Waals surface area contributed by atoms with Crippen LogP contribution in [0.3, 0.4) is 0 Å². The van der Waals surface area contributed by atoms with E-state index in [4.69, 9.17) is 4.74 Å². The minimum Gasteiger partial charge on any atom is -0.497 e. The average Bonchev–Trinajstić information content (AvgIpc) is 2.62. The summed E-state index contributed by atoms with van der Waals surface area (Å²) in [5.74, 6) is -0.201. The first-order valence-electron chi connectivity index (χ1n) is 6.46. The first-order chi connectivity index (χ1) is 9.11. The molecule has 0 aliphatic carbocycles. The first kappa shape index (κ1) is 13.7. The van der Waals surface area contributed by atoms with Gasteiger partial charge in [0.15, 0.2) is 0 Å². The molecule has 0 amide bonds. The molecule has 1 aromatic carbocycles. The van der Waals surface area contributed by atoms with Crippen LogP contribution in [0.1, 0.15) is 16.8 Å². The van der Waals surface area contributed by atoms with Crippen LogP contribution in [0.5, 0.6) is 5.75 Å². The second kappa shape index (κ2) is 5.93. The van der Waals surface area contributed by atoms with E-state index in [1.807, 2.05) is 6.07 Å². The van der Waals surface area contributed by atoms with Crippen molar-refractivity contribution in [2.24, 2.45) is 0 Å². The van der Waals surface area contributed by atoms with Crippen LogP contribution >= 0.6 is 0 Å². The zero-order chi connectivity index (χ0) is 13.8. The molecule has 1 saturated heterocycles. The molecule has 0 radical (unpaired) electrons. The highest BCUT2D eigenvalue weighted by atomic mass is 16.5. The number of hydrogen-bond acceptors (Lipinski definition) is 4. The normalized spacial score (nSPS) is 17.1. The molecule has 104 valence electrons. The quantitative estimate of drug-likeness (QED) is 0.897. The molecule has 0 spiro atoms. The summed E-state index contributed by atoms with van der Waals surface area (Å²) in [6.07, 6.45) is 1.03. The van der Waals surface area contributed by atoms with Crippen molar-refractivity contribution >= 4 is 11.7 Å². The Kier molecular flexibility index (Phi) is 4.27. The molecule has 1 fully saturated rings. The van der Waals surface area contributed by atoms with Crippen LogP contribution in [0.15, 0.2) is 18.2 Å². The third-order valence-corrected chi connectivity index (χ3v) is 3.50. The van der Waals surface area contributed by atoms with Gasteiger partial charge >= 0.3 is 5.97 Å². The molecule has 0 aromatic heterocycles. The number of anilines is 1. The molecule has 1 aliphatic heterocycles. The molecular formula is C14H20N2O3. The minimum absolute atomic E-state index is 0.338. The molecule has 5 nitrogen and oxygen atoms in total. The van der Waals surface area contributed by atoms with Gasteiger partial charge in [0.05, 0.1) is 18.4 Å². The molecule has 0 saturated carbocycles. The predicted octanol–water partition coefficient (Wildman–Crippen LogP) is 1.54. The second-order valence-corrected chi connectivity index (χ2v) is 4.83. The Balaban J connectivity index is 2.32. The van der Waals surface area contributed by atoms with Crippen molar-refractivity contribution in [3.05, 3.63) is 23.8 Å². The van der Waals surface area contributed by atoms with Crippen molar-refractivity contribution < 1.29 is 14.6 Å². The lowest BCUT2D eigenvalue weighted by molar-refractivity contribution is 0.0697. The molecule has 0 bridgehead atoms. The number of nitrogens with zero attached hydrogens (tertiary/aromatic N) is 2. The lowest BCUT2D eigenvalue weighted by Crippen LogP contribution is -2.30. The van der Waals surface area contributed by atoms with E-state index in [2.05, 4.69) is 16.8 Å². The third-order valence-electron chi connectivity index (χ3n) is 3.50. The highest BCUT2D eigenvalue weighted by Crippen LogP contribution is 2.27. The summed E-state index contributed by atoms with van der Waals surface area (Å²) >= 11 is 0. The van der Waals surface area contributed by atoms with Crippen LogP contribution in [-0.2, 0) is 0 Å². The maximum absolute atomic E-state index is 11.3. The van der Waals surface area contributed by atoms with Gasteiger partial charge in [0.1, 0.15) is 5.75 Å². The molecular weight excluding hydrogens is 244 g/mol. The second-order valence-electron chi connectivity index (χ2n) is 4.83. The molecule has 19 heavy (non-hydrogen) atoms. The maximum atomic E-state index is 11.3. The van der Waals surface area contributed by atoms with Crippen LogP contribution in [0.25, 0.3) is 0 Å². The Morgan fingerprint density at radius 1 is 1.26 bits per heavy atom. The number of benzene rings is 1. The molecule has 1 heterocycles. The van der Waals surface area contributed by atoms with Crippen LogP contribution in [-0.4, -0.2) is 56.3 Å². The average molecular weight is 264 g/mol. The number of hydrogen-bond donors (Lipinski definition) is 1. The molecule has 5 heteroatoms. The summed E-state index contributed by atoms with van der Waals surface area (Å²) in [5.41, 5.74) is 1.09. The molecule has 0 atom stereocenters. The van der Waals surface area contributed by atoms with Gasteiger partial charge in [0, 0.05) is 25.7 Å². The molecule has 0 unspecified atom stereocenters. The van der Waals surface area contributed by atoms with Gasteiger partial charge in [0.25, 0.3) is 0 Å². The van der Waals surface area contributed by atoms with Gasteiger partial charge in [-0.15, -0.1) is 0 Å². The number of methoxy groups -OCH3 is 1. The fraction of sp³-hybridized carbons (Fsp3) is 0.500. The largest absolute Gasteiger partial charge is 0.497 e. The summed E-state index contributed by atoms with van der Waals surface area (Å²) in [4.78, 5) is 15.7. The van der Waals surface area contributed by atoms with E-state index in [0.717, 1.165) is 38.3 Å². The zero-order valence-electron chi connectivity index (χ0n) is 11.4. The minimum atomic E-state index is -0.893. The lowest BCUT2D eigenvalue weighted by atomic mass is 10.1. The number of carboxylic acids is 1. The summed E-state index contributed by atoms with van der Waals surface area (Å²) < 4.78 is 5.20. The Morgan fingerprint density at radius 2 is 2.05 bits per heavy atom. The standard InChI is InChI=1S/C14H20N2O3/c1-15-6-3-7-16(9-8-15)13-10-11(19-2)4-5-12(13)14(17)18/h4-5,10H,3,6-9H2,1-2H3,(H,17,18). The van der Waals surface area contributed by atoms with E-state index >= 15 is 0 Å². The van der Waals surface area contributed by atoms with E-state index in [1.165, 1.54) is 0 Å². The zero-order valence-corrected chi connectivity index (χ0v) is 11.4. The lowest BCUT2D eigenvalue weighted by Gasteiger charge is -2.24. The number of carboxylic acid groups (broad SMARTS) is 1. The van der Waals surface area contributed by atoms with Crippen LogP contribution in [0, 0.1) is 0 Å². The fourth-order valence-corrected chi connectivity index (χ4v) is 2.37. The van der Waals surface area contributed by atoms with Crippen LogP contribution in [0.4, 0.5) is 5.69 Å². The Morgan fingerprint density at radius 3 is 2.74 bits per heavy atom. The summed E-state index contributed by atoms with van der Waals surface area (Å²) in [6, 6.07) is 5.12. The van der Waals surface area contributed by atoms with Gasteiger partial charge in [-0.1, -0.05) is 0 Å². The van der Waals surface area contributed by atoms with Crippen molar-refractivity contribution in [3.63, 3.8) is 0 Å². The monoisotopic (exact) mass is 264 g/mol. The maximum Gasteiger partial charge on any atom is 0.337 e. The Bertz CT molecular complexity index is 462. The summed E-state index contributed by atoms with van der Waals surface area (Å²) in [5, 5.41) is 9.30. The van der Waals surface area contributed by atoms with E-state index in [1.54, 1.807) is 19.2 Å². The van der Waals surface area contributed by atoms with Crippen molar-refractivity contribution in [3.8, 4) is 5.75 Å². The third kappa shape index (κ3) is 3.17. The fourth-order valence-electron chi connectivity index (χ4n) is 2.37. The van der Waals surface area contributed by atoms with E-state index < -0.39 is 5.97 Å². The van der Waals surface area contributed by atoms with Gasteiger partial charge in [-0.05, 0) is 32.1 Å². The SMILES string of the molecule is COc1ccc(C(=O)O)c(N2CCCN(C)CC2)c1. The van der Waals surface area contributed by atoms with Crippen molar-refractivity contribution in [1.29, 1.82) is 0 Å². The summed E-state index contributed by atoms with van der Waals surface area (Å²) in [6.45, 7) is 3.70. The summed E-state index contributed by atoms with van der Waals surface area (Å²) in [7, 11) is 3.68. The molecule has 1 aromatic rings. The molecule has 2 rings (SSSR count). The molecule has 1 N–H and O–H groups in total. The van der Waals surface area contributed by atoms with Gasteiger partial charge in [0.2, 0.25) is 0 Å². The number of aromatic carboxylic acids is 1. The van der Waals surface area contributed by atoms with E-state index in [0.29, 0.717) is 11.3 Å². The van der Waals surface area contributed by atoms with Gasteiger partial charge in [-0.25, -0.2) is 4.79 Å². The van der Waals surface area contributed by atoms with Crippen molar-refractivity contribution in [2.45, 2.75) is 6.42 Å². The van der Waals surface area contributed by atoms with Gasteiger partial charge in [-0.3, -0.25) is 0 Å². The first-order valence-corrected chi connectivity index (χ1v) is 6.46. The van der Waals surface area contributed by atoms with E-state index in [9.17, 15) is 9.90 Å². The highest BCUT2D eigenvalue weighted by Gasteiger charge is 2.19. The number of ether oxygens (including phenoxy) is 1.